The second-order valence-electron chi connectivity index (χ2n) is 6.40. The summed E-state index contributed by atoms with van der Waals surface area (Å²) in [5.41, 5.74) is 0. The smallest absolute Gasteiger partial charge is 0.0223 e. The second-order valence-corrected chi connectivity index (χ2v) is 6.40. The van der Waals surface area contributed by atoms with E-state index in [0.717, 1.165) is 30.5 Å². The third-order valence-corrected chi connectivity index (χ3v) is 5.20. The summed E-state index contributed by atoms with van der Waals surface area (Å²) in [6, 6.07) is 1.74. The zero-order chi connectivity index (χ0) is 11.7. The van der Waals surface area contributed by atoms with Crippen LogP contribution >= 0.6 is 0 Å². The maximum atomic E-state index is 3.73. The van der Waals surface area contributed by atoms with E-state index in [2.05, 4.69) is 17.1 Å². The van der Waals surface area contributed by atoms with Crippen molar-refractivity contribution in [2.75, 3.05) is 19.6 Å². The SMILES string of the molecule is CCNC(CN1CCCC2CCCC21)C1CC1. The summed E-state index contributed by atoms with van der Waals surface area (Å²) < 4.78 is 0. The molecule has 0 aromatic heterocycles. The van der Waals surface area contributed by atoms with E-state index in [1.54, 1.807) is 0 Å². The van der Waals surface area contributed by atoms with Crippen molar-refractivity contribution in [1.82, 2.24) is 10.2 Å². The number of hydrogen-bond acceptors (Lipinski definition) is 2. The van der Waals surface area contributed by atoms with Gasteiger partial charge in [0.05, 0.1) is 0 Å². The molecule has 98 valence electrons. The third-order valence-electron chi connectivity index (χ3n) is 5.20. The zero-order valence-electron chi connectivity index (χ0n) is 11.3. The van der Waals surface area contributed by atoms with Gasteiger partial charge in [-0.3, -0.25) is 4.90 Å². The minimum atomic E-state index is 0.791. The van der Waals surface area contributed by atoms with Crippen molar-refractivity contribution in [3.8, 4) is 0 Å². The molecule has 1 heterocycles. The van der Waals surface area contributed by atoms with Crippen LogP contribution in [0.3, 0.4) is 0 Å². The van der Waals surface area contributed by atoms with Crippen molar-refractivity contribution in [3.05, 3.63) is 0 Å². The lowest BCUT2D eigenvalue weighted by atomic mass is 9.91. The number of likely N-dealkylation sites (N-methyl/N-ethyl adjacent to an activating group) is 1. The Kier molecular flexibility index (Phi) is 3.72. The van der Waals surface area contributed by atoms with Gasteiger partial charge in [-0.25, -0.2) is 0 Å². The van der Waals surface area contributed by atoms with Gasteiger partial charge < -0.3 is 5.32 Å². The maximum Gasteiger partial charge on any atom is 0.0223 e. The first-order valence-electron chi connectivity index (χ1n) is 7.86. The van der Waals surface area contributed by atoms with E-state index >= 15 is 0 Å². The average Bonchev–Trinajstić information content (AvgIpc) is 3.07. The number of piperidine rings is 1. The van der Waals surface area contributed by atoms with E-state index in [9.17, 15) is 0 Å². The fourth-order valence-corrected chi connectivity index (χ4v) is 4.18. The van der Waals surface area contributed by atoms with E-state index in [1.165, 1.54) is 58.0 Å². The first kappa shape index (κ1) is 12.0. The first-order chi connectivity index (χ1) is 8.38. The van der Waals surface area contributed by atoms with E-state index < -0.39 is 0 Å². The predicted octanol–water partition coefficient (Wildman–Crippen LogP) is 2.64. The lowest BCUT2D eigenvalue weighted by Gasteiger charge is -2.40. The molecule has 0 aromatic rings. The van der Waals surface area contributed by atoms with Crippen LogP contribution in [0, 0.1) is 11.8 Å². The quantitative estimate of drug-likeness (QED) is 0.789. The van der Waals surface area contributed by atoms with Crippen LogP contribution in [0.2, 0.25) is 0 Å². The molecule has 3 atom stereocenters. The summed E-state index contributed by atoms with van der Waals surface area (Å²) in [6.07, 6.45) is 10.4. The molecule has 1 saturated heterocycles. The van der Waals surface area contributed by atoms with Crippen molar-refractivity contribution in [2.24, 2.45) is 11.8 Å². The van der Waals surface area contributed by atoms with Crippen molar-refractivity contribution >= 4 is 0 Å². The molecule has 3 rings (SSSR count). The molecule has 2 saturated carbocycles. The van der Waals surface area contributed by atoms with Crippen LogP contribution in [0.5, 0.6) is 0 Å². The maximum absolute atomic E-state index is 3.73. The van der Waals surface area contributed by atoms with Crippen LogP contribution in [0.1, 0.15) is 51.9 Å². The second kappa shape index (κ2) is 5.27. The summed E-state index contributed by atoms with van der Waals surface area (Å²) in [7, 11) is 0. The largest absolute Gasteiger partial charge is 0.313 e. The number of likely N-dealkylation sites (tertiary alicyclic amines) is 1. The topological polar surface area (TPSA) is 15.3 Å². The summed E-state index contributed by atoms with van der Waals surface area (Å²) in [4.78, 5) is 2.84. The van der Waals surface area contributed by atoms with Crippen LogP contribution in [-0.2, 0) is 0 Å². The molecule has 17 heavy (non-hydrogen) atoms. The molecule has 3 aliphatic rings. The monoisotopic (exact) mass is 236 g/mol. The Balaban J connectivity index is 1.58. The van der Waals surface area contributed by atoms with Gasteiger partial charge in [0, 0.05) is 18.6 Å². The molecule has 3 fully saturated rings. The first-order valence-corrected chi connectivity index (χ1v) is 7.86. The molecular formula is C15H28N2. The van der Waals surface area contributed by atoms with E-state index in [1.807, 2.05) is 0 Å². The van der Waals surface area contributed by atoms with Crippen LogP contribution in [0.4, 0.5) is 0 Å². The van der Waals surface area contributed by atoms with Gasteiger partial charge in [0.1, 0.15) is 0 Å². The Morgan fingerprint density at radius 1 is 1.12 bits per heavy atom. The molecule has 3 unspecified atom stereocenters. The zero-order valence-corrected chi connectivity index (χ0v) is 11.3. The Bertz CT molecular complexity index is 249. The van der Waals surface area contributed by atoms with Crippen LogP contribution in [0.15, 0.2) is 0 Å². The van der Waals surface area contributed by atoms with Crippen LogP contribution in [-0.4, -0.2) is 36.6 Å². The Hall–Kier alpha value is -0.0800. The average molecular weight is 236 g/mol. The molecule has 2 aliphatic carbocycles. The molecule has 1 aliphatic heterocycles. The minimum absolute atomic E-state index is 0.791. The van der Waals surface area contributed by atoms with Crippen LogP contribution in [0.25, 0.3) is 0 Å². The van der Waals surface area contributed by atoms with Crippen LogP contribution < -0.4 is 5.32 Å². The van der Waals surface area contributed by atoms with Gasteiger partial charge in [0.2, 0.25) is 0 Å². The van der Waals surface area contributed by atoms with Gasteiger partial charge in [0.25, 0.3) is 0 Å². The molecule has 0 aromatic carbocycles. The highest BCUT2D eigenvalue weighted by Crippen LogP contribution is 2.38. The summed E-state index contributed by atoms with van der Waals surface area (Å²) in [5, 5.41) is 3.73. The number of hydrogen-bond donors (Lipinski definition) is 1. The van der Waals surface area contributed by atoms with Crippen molar-refractivity contribution in [3.63, 3.8) is 0 Å². The van der Waals surface area contributed by atoms with Crippen molar-refractivity contribution in [1.29, 1.82) is 0 Å². The number of rotatable bonds is 5. The lowest BCUT2D eigenvalue weighted by molar-refractivity contribution is 0.0980. The number of nitrogens with one attached hydrogen (secondary N) is 1. The van der Waals surface area contributed by atoms with Gasteiger partial charge in [-0.15, -0.1) is 0 Å². The summed E-state index contributed by atoms with van der Waals surface area (Å²) in [6.45, 7) is 6.10. The van der Waals surface area contributed by atoms with E-state index in [0.29, 0.717) is 0 Å². The highest BCUT2D eigenvalue weighted by Gasteiger charge is 2.38. The minimum Gasteiger partial charge on any atom is -0.313 e. The molecule has 0 bridgehead atoms. The molecule has 0 spiro atoms. The van der Waals surface area contributed by atoms with Crippen molar-refractivity contribution in [2.45, 2.75) is 64.0 Å². The van der Waals surface area contributed by atoms with Crippen molar-refractivity contribution < 1.29 is 0 Å². The fraction of sp³-hybridized carbons (Fsp3) is 1.00. The normalized spacial score (nSPS) is 35.8. The molecule has 2 nitrogen and oxygen atoms in total. The van der Waals surface area contributed by atoms with Gasteiger partial charge in [-0.05, 0) is 63.5 Å². The highest BCUT2D eigenvalue weighted by molar-refractivity contribution is 4.94. The number of fused-ring (bicyclic) bond motifs is 1. The fourth-order valence-electron chi connectivity index (χ4n) is 4.18. The van der Waals surface area contributed by atoms with Gasteiger partial charge in [-0.2, -0.15) is 0 Å². The number of nitrogens with zero attached hydrogens (tertiary/aromatic N) is 1. The Labute approximate surface area is 106 Å². The van der Waals surface area contributed by atoms with Gasteiger partial charge in [-0.1, -0.05) is 13.3 Å². The predicted molar refractivity (Wildman–Crippen MR) is 72.1 cm³/mol. The molecule has 2 heteroatoms. The Morgan fingerprint density at radius 2 is 1.94 bits per heavy atom. The van der Waals surface area contributed by atoms with Gasteiger partial charge in [0.15, 0.2) is 0 Å². The molecule has 1 N–H and O–H groups in total. The molecule has 0 radical (unpaired) electrons. The Morgan fingerprint density at radius 3 is 2.71 bits per heavy atom. The summed E-state index contributed by atoms with van der Waals surface area (Å²) >= 11 is 0. The highest BCUT2D eigenvalue weighted by atomic mass is 15.2. The molecule has 0 amide bonds. The van der Waals surface area contributed by atoms with E-state index in [4.69, 9.17) is 0 Å². The van der Waals surface area contributed by atoms with E-state index in [-0.39, 0.29) is 0 Å². The van der Waals surface area contributed by atoms with Gasteiger partial charge >= 0.3 is 0 Å². The summed E-state index contributed by atoms with van der Waals surface area (Å²) in [5.74, 6) is 2.04. The standard InChI is InChI=1S/C15H28N2/c1-2-16-14(12-8-9-12)11-17-10-4-6-13-5-3-7-15(13)17/h12-16H,2-11H2,1H3. The lowest BCUT2D eigenvalue weighted by Crippen LogP contribution is -2.50. The molecular weight excluding hydrogens is 208 g/mol. The third kappa shape index (κ3) is 2.68.